The number of nitrogens with zero attached hydrogens (tertiary/aromatic N) is 1. The average Bonchev–Trinajstić information content (AvgIpc) is 3.51. The van der Waals surface area contributed by atoms with Crippen LogP contribution in [-0.2, 0) is 21.2 Å². The number of aliphatic hydroxyl groups excluding tert-OH is 1. The SMILES string of the molecule is C[C@H](c1ccc(F)cc1CCCC1OC1O)N(c1cc(F)ccc1F)S(=O)(=O)c1ccc(Cl)cc1. The molecule has 0 aromatic heterocycles. The van der Waals surface area contributed by atoms with Crippen LogP contribution < -0.4 is 4.31 Å². The normalized spacial score (nSPS) is 18.3. The van der Waals surface area contributed by atoms with Crippen molar-refractivity contribution in [2.75, 3.05) is 4.31 Å². The Balaban J connectivity index is 1.78. The summed E-state index contributed by atoms with van der Waals surface area (Å²) in [6.07, 6.45) is 0.384. The van der Waals surface area contributed by atoms with E-state index in [9.17, 15) is 26.7 Å². The summed E-state index contributed by atoms with van der Waals surface area (Å²) in [6.45, 7) is 1.53. The van der Waals surface area contributed by atoms with Crippen molar-refractivity contribution in [1.82, 2.24) is 0 Å². The number of sulfonamides is 1. The summed E-state index contributed by atoms with van der Waals surface area (Å²) in [7, 11) is -4.39. The standard InChI is InChI=1S/C25H23ClF3NO4S/c1-15(21-11-7-18(27)13-16(21)3-2-4-24-25(31)34-24)30(23-14-19(28)8-12-22(23)29)35(32,33)20-9-5-17(26)6-10-20/h5-15,24-25,31H,2-4H2,1H3/t15-,24?,25?/m1/s1. The molecule has 1 heterocycles. The Hall–Kier alpha value is -2.59. The molecular weight excluding hydrogens is 503 g/mol. The Kier molecular flexibility index (Phi) is 7.42. The number of rotatable bonds is 9. The second-order valence-corrected chi connectivity index (χ2v) is 10.6. The van der Waals surface area contributed by atoms with Gasteiger partial charge in [-0.05, 0) is 85.8 Å². The van der Waals surface area contributed by atoms with E-state index in [0.29, 0.717) is 35.4 Å². The van der Waals surface area contributed by atoms with Gasteiger partial charge in [-0.2, -0.15) is 0 Å². The predicted octanol–water partition coefficient (Wildman–Crippen LogP) is 5.75. The molecule has 1 aliphatic heterocycles. The van der Waals surface area contributed by atoms with Gasteiger partial charge in [0.15, 0.2) is 6.29 Å². The maximum absolute atomic E-state index is 14.9. The highest BCUT2D eigenvalue weighted by atomic mass is 35.5. The fourth-order valence-corrected chi connectivity index (χ4v) is 5.85. The van der Waals surface area contributed by atoms with Gasteiger partial charge in [0.25, 0.3) is 10.0 Å². The van der Waals surface area contributed by atoms with Gasteiger partial charge in [0, 0.05) is 11.1 Å². The van der Waals surface area contributed by atoms with Gasteiger partial charge in [0.1, 0.15) is 23.6 Å². The summed E-state index contributed by atoms with van der Waals surface area (Å²) in [5.74, 6) is -2.26. The summed E-state index contributed by atoms with van der Waals surface area (Å²) in [5.41, 5.74) is 0.475. The number of aliphatic hydroxyl groups is 1. The maximum atomic E-state index is 14.9. The maximum Gasteiger partial charge on any atom is 0.264 e. The molecule has 3 aromatic carbocycles. The summed E-state index contributed by atoms with van der Waals surface area (Å²) < 4.78 is 76.4. The van der Waals surface area contributed by atoms with Gasteiger partial charge in [-0.1, -0.05) is 17.7 Å². The van der Waals surface area contributed by atoms with Gasteiger partial charge in [0.05, 0.1) is 16.6 Å². The van der Waals surface area contributed by atoms with Crippen molar-refractivity contribution in [3.05, 3.63) is 94.3 Å². The largest absolute Gasteiger partial charge is 0.366 e. The zero-order valence-electron chi connectivity index (χ0n) is 18.7. The summed E-state index contributed by atoms with van der Waals surface area (Å²) >= 11 is 5.90. The Morgan fingerprint density at radius 2 is 1.66 bits per heavy atom. The van der Waals surface area contributed by atoms with Crippen LogP contribution in [0.3, 0.4) is 0 Å². The van der Waals surface area contributed by atoms with E-state index in [2.05, 4.69) is 0 Å². The molecule has 1 N–H and O–H groups in total. The van der Waals surface area contributed by atoms with Crippen LogP contribution >= 0.6 is 11.6 Å². The third kappa shape index (κ3) is 5.64. The molecule has 0 aliphatic carbocycles. The lowest BCUT2D eigenvalue weighted by Crippen LogP contribution is -2.35. The first-order valence-electron chi connectivity index (χ1n) is 10.9. The van der Waals surface area contributed by atoms with Crippen LogP contribution in [0.4, 0.5) is 18.9 Å². The highest BCUT2D eigenvalue weighted by Gasteiger charge is 2.36. The molecule has 10 heteroatoms. The number of hydrogen-bond acceptors (Lipinski definition) is 4. The van der Waals surface area contributed by atoms with Gasteiger partial charge in [-0.15, -0.1) is 0 Å². The Bertz CT molecular complexity index is 1320. The molecule has 1 aliphatic rings. The van der Waals surface area contributed by atoms with E-state index in [4.69, 9.17) is 16.3 Å². The molecule has 0 saturated carbocycles. The molecule has 0 amide bonds. The molecule has 0 spiro atoms. The molecule has 1 saturated heterocycles. The molecule has 1 fully saturated rings. The van der Waals surface area contributed by atoms with Crippen molar-refractivity contribution < 1.29 is 31.4 Å². The molecule has 0 bridgehead atoms. The van der Waals surface area contributed by atoms with Crippen molar-refractivity contribution in [2.24, 2.45) is 0 Å². The first-order chi connectivity index (χ1) is 16.6. The van der Waals surface area contributed by atoms with E-state index < -0.39 is 45.5 Å². The molecule has 0 radical (unpaired) electrons. The summed E-state index contributed by atoms with van der Waals surface area (Å²) in [4.78, 5) is -0.166. The zero-order chi connectivity index (χ0) is 25.3. The molecule has 2 unspecified atom stereocenters. The number of halogens is 4. The number of anilines is 1. The Morgan fingerprint density at radius 3 is 2.31 bits per heavy atom. The second-order valence-electron chi connectivity index (χ2n) is 8.33. The molecule has 186 valence electrons. The van der Waals surface area contributed by atoms with Crippen LogP contribution in [-0.4, -0.2) is 25.9 Å². The zero-order valence-corrected chi connectivity index (χ0v) is 20.2. The fraction of sp³-hybridized carbons (Fsp3) is 0.280. The molecule has 5 nitrogen and oxygen atoms in total. The van der Waals surface area contributed by atoms with Crippen LogP contribution in [0.1, 0.15) is 36.9 Å². The van der Waals surface area contributed by atoms with Gasteiger partial charge >= 0.3 is 0 Å². The van der Waals surface area contributed by atoms with Gasteiger partial charge in [0.2, 0.25) is 0 Å². The van der Waals surface area contributed by atoms with E-state index in [1.54, 1.807) is 0 Å². The lowest BCUT2D eigenvalue weighted by molar-refractivity contribution is 0.156. The lowest BCUT2D eigenvalue weighted by atomic mass is 9.96. The summed E-state index contributed by atoms with van der Waals surface area (Å²) in [5, 5.41) is 9.65. The molecule has 35 heavy (non-hydrogen) atoms. The van der Waals surface area contributed by atoms with Crippen molar-refractivity contribution >= 4 is 27.3 Å². The van der Waals surface area contributed by atoms with Crippen LogP contribution in [0.2, 0.25) is 5.02 Å². The van der Waals surface area contributed by atoms with Crippen molar-refractivity contribution in [1.29, 1.82) is 0 Å². The minimum atomic E-state index is -4.39. The van der Waals surface area contributed by atoms with Crippen LogP contribution in [0.5, 0.6) is 0 Å². The van der Waals surface area contributed by atoms with E-state index in [1.165, 1.54) is 49.4 Å². The first-order valence-corrected chi connectivity index (χ1v) is 12.8. The topological polar surface area (TPSA) is 70.1 Å². The third-order valence-corrected chi connectivity index (χ3v) is 8.06. The van der Waals surface area contributed by atoms with Gasteiger partial charge < -0.3 is 9.84 Å². The monoisotopic (exact) mass is 525 g/mol. The Morgan fingerprint density at radius 1 is 1.03 bits per heavy atom. The van der Waals surface area contributed by atoms with Crippen LogP contribution in [0.15, 0.2) is 65.6 Å². The van der Waals surface area contributed by atoms with Crippen molar-refractivity contribution in [2.45, 2.75) is 49.5 Å². The highest BCUT2D eigenvalue weighted by molar-refractivity contribution is 7.92. The number of ether oxygens (including phenoxy) is 1. The van der Waals surface area contributed by atoms with Crippen LogP contribution in [0.25, 0.3) is 0 Å². The quantitative estimate of drug-likeness (QED) is 0.361. The number of epoxide rings is 1. The highest BCUT2D eigenvalue weighted by Crippen LogP contribution is 2.37. The Labute approximate surface area is 206 Å². The van der Waals surface area contributed by atoms with E-state index in [1.807, 2.05) is 0 Å². The molecular formula is C25H23ClF3NO4S. The second kappa shape index (κ2) is 10.2. The minimum absolute atomic E-state index is 0.166. The number of aryl methyl sites for hydroxylation is 1. The van der Waals surface area contributed by atoms with Gasteiger partial charge in [-0.3, -0.25) is 4.31 Å². The third-order valence-electron chi connectivity index (χ3n) is 5.91. The summed E-state index contributed by atoms with van der Waals surface area (Å²) in [6, 6.07) is 10.8. The molecule has 3 aromatic rings. The minimum Gasteiger partial charge on any atom is -0.366 e. The van der Waals surface area contributed by atoms with Gasteiger partial charge in [-0.25, -0.2) is 21.6 Å². The molecule has 3 atom stereocenters. The van der Waals surface area contributed by atoms with E-state index >= 15 is 0 Å². The fourth-order valence-electron chi connectivity index (χ4n) is 4.08. The van der Waals surface area contributed by atoms with E-state index in [-0.39, 0.29) is 11.0 Å². The smallest absolute Gasteiger partial charge is 0.264 e. The average molecular weight is 526 g/mol. The number of hydrogen-bond donors (Lipinski definition) is 1. The van der Waals surface area contributed by atoms with Crippen molar-refractivity contribution in [3.8, 4) is 0 Å². The van der Waals surface area contributed by atoms with Crippen LogP contribution in [0, 0.1) is 17.5 Å². The first kappa shape index (κ1) is 25.5. The van der Waals surface area contributed by atoms with E-state index in [0.717, 1.165) is 22.5 Å². The predicted molar refractivity (Wildman–Crippen MR) is 126 cm³/mol. The molecule has 4 rings (SSSR count). The lowest BCUT2D eigenvalue weighted by Gasteiger charge is -2.32. The van der Waals surface area contributed by atoms with Crippen molar-refractivity contribution in [3.63, 3.8) is 0 Å². The number of benzene rings is 3.